The average molecular weight is 276 g/mol. The molecule has 0 spiro atoms. The van der Waals surface area contributed by atoms with Crippen LogP contribution in [0.3, 0.4) is 0 Å². The Bertz CT molecular complexity index is 714. The van der Waals surface area contributed by atoms with Crippen LogP contribution >= 0.6 is 0 Å². The standard InChI is InChI=1S/C13H16N4O3/c1-6-9(10-12(19)16-5-17-13(10)20-6)11(18)15-4-8(14)7-2-3-7/h5,7-8H,2-4,14H2,1H3,(H,15,18)(H,16,17,19). The molecule has 0 bridgehead atoms. The van der Waals surface area contributed by atoms with Crippen LogP contribution in [0.15, 0.2) is 15.5 Å². The van der Waals surface area contributed by atoms with Crippen molar-refractivity contribution in [1.29, 1.82) is 0 Å². The zero-order chi connectivity index (χ0) is 14.3. The highest BCUT2D eigenvalue weighted by molar-refractivity contribution is 6.06. The first-order valence-electron chi connectivity index (χ1n) is 6.58. The number of aromatic amines is 1. The van der Waals surface area contributed by atoms with Crippen LogP contribution in [0, 0.1) is 12.8 Å². The largest absolute Gasteiger partial charge is 0.442 e. The van der Waals surface area contributed by atoms with Gasteiger partial charge in [0.1, 0.15) is 11.1 Å². The number of aryl methyl sites for hydroxylation is 1. The van der Waals surface area contributed by atoms with Gasteiger partial charge in [0.25, 0.3) is 11.5 Å². The normalized spacial score (nSPS) is 16.3. The molecule has 1 saturated carbocycles. The second-order valence-electron chi connectivity index (χ2n) is 5.16. The molecule has 0 aromatic carbocycles. The third kappa shape index (κ3) is 2.20. The van der Waals surface area contributed by atoms with Gasteiger partial charge in [-0.3, -0.25) is 9.59 Å². The predicted molar refractivity (Wildman–Crippen MR) is 72.4 cm³/mol. The second kappa shape index (κ2) is 4.75. The molecule has 1 amide bonds. The number of hydrogen-bond donors (Lipinski definition) is 3. The van der Waals surface area contributed by atoms with Crippen LogP contribution in [0.4, 0.5) is 0 Å². The number of nitrogens with zero attached hydrogens (tertiary/aromatic N) is 1. The number of fused-ring (bicyclic) bond motifs is 1. The summed E-state index contributed by atoms with van der Waals surface area (Å²) in [6.07, 6.45) is 3.49. The van der Waals surface area contributed by atoms with Crippen LogP contribution in [0.1, 0.15) is 29.0 Å². The Morgan fingerprint density at radius 2 is 2.40 bits per heavy atom. The summed E-state index contributed by atoms with van der Waals surface area (Å²) in [6.45, 7) is 2.03. The predicted octanol–water partition coefficient (Wildman–Crippen LogP) is 0.292. The van der Waals surface area contributed by atoms with Crippen LogP contribution in [0.5, 0.6) is 0 Å². The minimum Gasteiger partial charge on any atom is -0.442 e. The number of hydrogen-bond acceptors (Lipinski definition) is 5. The van der Waals surface area contributed by atoms with E-state index in [0.29, 0.717) is 18.2 Å². The van der Waals surface area contributed by atoms with Crippen molar-refractivity contribution >= 4 is 17.0 Å². The number of rotatable bonds is 4. The summed E-state index contributed by atoms with van der Waals surface area (Å²) in [5, 5.41) is 2.94. The van der Waals surface area contributed by atoms with Gasteiger partial charge >= 0.3 is 0 Å². The van der Waals surface area contributed by atoms with Gasteiger partial charge in [-0.25, -0.2) is 4.98 Å². The monoisotopic (exact) mass is 276 g/mol. The van der Waals surface area contributed by atoms with Crippen molar-refractivity contribution in [1.82, 2.24) is 15.3 Å². The van der Waals surface area contributed by atoms with Gasteiger partial charge in [0.05, 0.1) is 11.9 Å². The minimum absolute atomic E-state index is 0.0335. The number of furan rings is 1. The molecule has 2 aromatic heterocycles. The molecule has 0 saturated heterocycles. The Kier molecular flexibility index (Phi) is 3.06. The summed E-state index contributed by atoms with van der Waals surface area (Å²) in [4.78, 5) is 30.4. The molecule has 7 heteroatoms. The number of nitrogens with one attached hydrogen (secondary N) is 2. The third-order valence-electron chi connectivity index (χ3n) is 3.62. The molecule has 1 aliphatic rings. The topological polar surface area (TPSA) is 114 Å². The molecule has 1 fully saturated rings. The first kappa shape index (κ1) is 12.9. The molecule has 106 valence electrons. The van der Waals surface area contributed by atoms with E-state index in [1.807, 2.05) is 0 Å². The Balaban J connectivity index is 1.87. The van der Waals surface area contributed by atoms with E-state index < -0.39 is 0 Å². The van der Waals surface area contributed by atoms with Crippen molar-refractivity contribution in [3.63, 3.8) is 0 Å². The van der Waals surface area contributed by atoms with E-state index in [-0.39, 0.29) is 34.2 Å². The molecule has 0 radical (unpaired) electrons. The van der Waals surface area contributed by atoms with E-state index in [0.717, 1.165) is 12.8 Å². The minimum atomic E-state index is -0.386. The van der Waals surface area contributed by atoms with Gasteiger partial charge in [-0.15, -0.1) is 0 Å². The van der Waals surface area contributed by atoms with E-state index in [9.17, 15) is 9.59 Å². The smallest absolute Gasteiger partial charge is 0.262 e. The van der Waals surface area contributed by atoms with Crippen LogP contribution < -0.4 is 16.6 Å². The van der Waals surface area contributed by atoms with Gasteiger partial charge in [0.2, 0.25) is 5.71 Å². The lowest BCUT2D eigenvalue weighted by molar-refractivity contribution is 0.0950. The fourth-order valence-electron chi connectivity index (χ4n) is 2.32. The Morgan fingerprint density at radius 1 is 1.65 bits per heavy atom. The Labute approximate surface area is 114 Å². The molecule has 2 heterocycles. The summed E-state index contributed by atoms with van der Waals surface area (Å²) in [7, 11) is 0. The second-order valence-corrected chi connectivity index (χ2v) is 5.16. The maximum Gasteiger partial charge on any atom is 0.262 e. The molecule has 4 N–H and O–H groups in total. The highest BCUT2D eigenvalue weighted by Crippen LogP contribution is 2.31. The van der Waals surface area contributed by atoms with Gasteiger partial charge in [0, 0.05) is 12.6 Å². The first-order valence-corrected chi connectivity index (χ1v) is 6.58. The van der Waals surface area contributed by atoms with E-state index >= 15 is 0 Å². The molecule has 2 aromatic rings. The van der Waals surface area contributed by atoms with Gasteiger partial charge < -0.3 is 20.5 Å². The quantitative estimate of drug-likeness (QED) is 0.742. The van der Waals surface area contributed by atoms with E-state index in [2.05, 4.69) is 15.3 Å². The molecule has 1 aliphatic carbocycles. The van der Waals surface area contributed by atoms with Gasteiger partial charge in [-0.2, -0.15) is 0 Å². The highest BCUT2D eigenvalue weighted by atomic mass is 16.3. The lowest BCUT2D eigenvalue weighted by Gasteiger charge is -2.11. The number of carbonyl (C=O) groups is 1. The number of amides is 1. The lowest BCUT2D eigenvalue weighted by Crippen LogP contribution is -2.38. The summed E-state index contributed by atoms with van der Waals surface area (Å²) in [6, 6.07) is -0.0335. The summed E-state index contributed by atoms with van der Waals surface area (Å²) >= 11 is 0. The van der Waals surface area contributed by atoms with Gasteiger partial charge in [-0.1, -0.05) is 0 Å². The SMILES string of the molecule is Cc1oc2nc[nH]c(=O)c2c1C(=O)NCC(N)C1CC1. The van der Waals surface area contributed by atoms with E-state index in [1.54, 1.807) is 6.92 Å². The number of carbonyl (C=O) groups excluding carboxylic acids is 1. The summed E-state index contributed by atoms with van der Waals surface area (Å²) in [5.74, 6) is 0.528. The molecular weight excluding hydrogens is 260 g/mol. The molecule has 1 unspecified atom stereocenters. The summed E-state index contributed by atoms with van der Waals surface area (Å²) in [5.41, 5.74) is 5.96. The third-order valence-corrected chi connectivity index (χ3v) is 3.62. The molecule has 1 atom stereocenters. The summed E-state index contributed by atoms with van der Waals surface area (Å²) < 4.78 is 5.34. The lowest BCUT2D eigenvalue weighted by atomic mass is 10.1. The molecule has 7 nitrogen and oxygen atoms in total. The molecule has 0 aliphatic heterocycles. The maximum absolute atomic E-state index is 12.2. The van der Waals surface area contributed by atoms with Crippen molar-refractivity contribution < 1.29 is 9.21 Å². The number of nitrogens with two attached hydrogens (primary N) is 1. The van der Waals surface area contributed by atoms with Crippen molar-refractivity contribution in [2.24, 2.45) is 11.7 Å². The Hall–Kier alpha value is -2.15. The fourth-order valence-corrected chi connectivity index (χ4v) is 2.32. The van der Waals surface area contributed by atoms with Crippen LogP contribution in [0.25, 0.3) is 11.1 Å². The van der Waals surface area contributed by atoms with Crippen LogP contribution in [-0.4, -0.2) is 28.5 Å². The van der Waals surface area contributed by atoms with Gasteiger partial charge in [-0.05, 0) is 25.7 Å². The van der Waals surface area contributed by atoms with E-state index in [1.165, 1.54) is 6.33 Å². The molecular formula is C13H16N4O3. The molecule has 20 heavy (non-hydrogen) atoms. The zero-order valence-corrected chi connectivity index (χ0v) is 11.1. The number of H-pyrrole nitrogens is 1. The van der Waals surface area contributed by atoms with Crippen molar-refractivity contribution in [3.8, 4) is 0 Å². The molecule has 3 rings (SSSR count). The van der Waals surface area contributed by atoms with Crippen molar-refractivity contribution in [2.75, 3.05) is 6.54 Å². The van der Waals surface area contributed by atoms with Crippen LogP contribution in [-0.2, 0) is 0 Å². The van der Waals surface area contributed by atoms with Crippen molar-refractivity contribution in [3.05, 3.63) is 28.0 Å². The van der Waals surface area contributed by atoms with Crippen LogP contribution in [0.2, 0.25) is 0 Å². The van der Waals surface area contributed by atoms with Crippen molar-refractivity contribution in [2.45, 2.75) is 25.8 Å². The highest BCUT2D eigenvalue weighted by Gasteiger charge is 2.29. The fraction of sp³-hybridized carbons (Fsp3) is 0.462. The average Bonchev–Trinajstić information content (AvgIpc) is 3.19. The maximum atomic E-state index is 12.2. The van der Waals surface area contributed by atoms with Gasteiger partial charge in [0.15, 0.2) is 0 Å². The Morgan fingerprint density at radius 3 is 3.10 bits per heavy atom. The zero-order valence-electron chi connectivity index (χ0n) is 11.1. The number of aromatic nitrogens is 2. The first-order chi connectivity index (χ1) is 9.58. The van der Waals surface area contributed by atoms with E-state index in [4.69, 9.17) is 10.2 Å².